The molecule has 10 heteroatoms. The molecule has 3 fully saturated rings. The number of nitrogens with zero attached hydrogens (tertiary/aromatic N) is 4. The number of alkyl halides is 3. The molecule has 3 aliphatic rings. The van der Waals surface area contributed by atoms with E-state index in [9.17, 15) is 13.2 Å². The highest BCUT2D eigenvalue weighted by Gasteiger charge is 2.52. The summed E-state index contributed by atoms with van der Waals surface area (Å²) in [5.41, 5.74) is -1.15. The van der Waals surface area contributed by atoms with Gasteiger partial charge >= 0.3 is 6.18 Å². The van der Waals surface area contributed by atoms with Crippen LogP contribution in [0.1, 0.15) is 69.9 Å². The Morgan fingerprint density at radius 3 is 2.32 bits per heavy atom. The zero-order valence-corrected chi connectivity index (χ0v) is 18.6. The normalized spacial score (nSPS) is 25.8. The van der Waals surface area contributed by atoms with Crippen molar-refractivity contribution in [3.05, 3.63) is 29.2 Å². The molecular formula is C21H26ClF3N4O2. The summed E-state index contributed by atoms with van der Waals surface area (Å²) in [6.45, 7) is 4.25. The lowest BCUT2D eigenvalue weighted by atomic mass is 9.53. The number of aromatic nitrogens is 4. The Hall–Kier alpha value is -2.03. The smallest absolute Gasteiger partial charge is 0.434 e. The molecule has 170 valence electrons. The van der Waals surface area contributed by atoms with Crippen molar-refractivity contribution in [3.63, 3.8) is 0 Å². The maximum absolute atomic E-state index is 13.3. The third-order valence-electron chi connectivity index (χ3n) is 6.88. The van der Waals surface area contributed by atoms with Crippen molar-refractivity contribution in [2.75, 3.05) is 13.7 Å². The van der Waals surface area contributed by atoms with Crippen molar-refractivity contribution in [3.8, 4) is 11.6 Å². The highest BCUT2D eigenvalue weighted by atomic mass is 35.5. The molecule has 2 aromatic heterocycles. The van der Waals surface area contributed by atoms with Crippen LogP contribution in [0.5, 0.6) is 11.6 Å². The molecular weight excluding hydrogens is 433 g/mol. The molecule has 3 aliphatic carbocycles. The van der Waals surface area contributed by atoms with Crippen LogP contribution in [0.2, 0.25) is 5.28 Å². The summed E-state index contributed by atoms with van der Waals surface area (Å²) < 4.78 is 53.0. The van der Waals surface area contributed by atoms with Crippen molar-refractivity contribution < 1.29 is 22.6 Å². The van der Waals surface area contributed by atoms with Gasteiger partial charge in [0.1, 0.15) is 5.82 Å². The molecule has 2 heterocycles. The summed E-state index contributed by atoms with van der Waals surface area (Å²) in [6.07, 6.45) is 3.15. The predicted molar refractivity (Wildman–Crippen MR) is 109 cm³/mol. The number of ether oxygens (including phenoxy) is 2. The van der Waals surface area contributed by atoms with Gasteiger partial charge in [-0.2, -0.15) is 18.2 Å². The molecule has 0 amide bonds. The second-order valence-corrected chi connectivity index (χ2v) is 9.37. The minimum atomic E-state index is -4.44. The lowest BCUT2D eigenvalue weighted by molar-refractivity contribution is -0.141. The van der Waals surface area contributed by atoms with E-state index in [1.165, 1.54) is 19.5 Å². The van der Waals surface area contributed by atoms with Crippen LogP contribution >= 0.6 is 11.6 Å². The van der Waals surface area contributed by atoms with E-state index in [4.69, 9.17) is 21.1 Å². The van der Waals surface area contributed by atoms with Crippen molar-refractivity contribution in [1.82, 2.24) is 19.5 Å². The fraction of sp³-hybridized carbons (Fsp3) is 0.667. The van der Waals surface area contributed by atoms with Gasteiger partial charge in [-0.15, -0.1) is 0 Å². The predicted octanol–water partition coefficient (Wildman–Crippen LogP) is 5.61. The van der Waals surface area contributed by atoms with E-state index in [0.717, 1.165) is 38.5 Å². The molecule has 0 spiro atoms. The molecule has 2 bridgehead atoms. The Balaban J connectivity index is 1.52. The van der Waals surface area contributed by atoms with Crippen molar-refractivity contribution >= 4 is 11.6 Å². The van der Waals surface area contributed by atoms with E-state index in [-0.39, 0.29) is 22.2 Å². The second-order valence-electron chi connectivity index (χ2n) is 9.03. The molecule has 0 aromatic carbocycles. The first kappa shape index (κ1) is 22.2. The average Bonchev–Trinajstić information content (AvgIpc) is 3.21. The molecule has 0 unspecified atom stereocenters. The molecule has 0 N–H and O–H groups in total. The van der Waals surface area contributed by atoms with Gasteiger partial charge in [0, 0.05) is 23.1 Å². The molecule has 0 saturated heterocycles. The van der Waals surface area contributed by atoms with Crippen LogP contribution in [0.4, 0.5) is 13.2 Å². The molecule has 0 aliphatic heterocycles. The van der Waals surface area contributed by atoms with Crippen LogP contribution < -0.4 is 9.47 Å². The lowest BCUT2D eigenvalue weighted by Crippen LogP contribution is -2.48. The number of hydrogen-bond donors (Lipinski definition) is 0. The highest BCUT2D eigenvalue weighted by Crippen LogP contribution is 2.58. The van der Waals surface area contributed by atoms with E-state index in [0.29, 0.717) is 24.1 Å². The molecule has 31 heavy (non-hydrogen) atoms. The standard InChI is InChI=1S/C21H26ClF3N4O2/c1-13(2)29-11-15(21(23,24)25)27-17(29)20-7-4-19(5-8-20,6-9-20)12-31-16-14(30-3)10-26-18(22)28-16/h10-11,13H,4-9,12H2,1-3H3. The van der Waals surface area contributed by atoms with Gasteiger partial charge in [0.15, 0.2) is 11.4 Å². The Labute approximate surface area is 184 Å². The van der Waals surface area contributed by atoms with Gasteiger partial charge in [-0.05, 0) is 64.0 Å². The van der Waals surface area contributed by atoms with Gasteiger partial charge in [0.2, 0.25) is 5.28 Å². The summed E-state index contributed by atoms with van der Waals surface area (Å²) in [5.74, 6) is 1.30. The minimum absolute atomic E-state index is 0.0354. The summed E-state index contributed by atoms with van der Waals surface area (Å²) in [5, 5.41) is 0.0839. The third-order valence-corrected chi connectivity index (χ3v) is 7.07. The van der Waals surface area contributed by atoms with E-state index in [2.05, 4.69) is 15.0 Å². The average molecular weight is 459 g/mol. The van der Waals surface area contributed by atoms with Crippen molar-refractivity contribution in [1.29, 1.82) is 0 Å². The minimum Gasteiger partial charge on any atom is -0.490 e. The van der Waals surface area contributed by atoms with Crippen LogP contribution in [-0.4, -0.2) is 33.2 Å². The lowest BCUT2D eigenvalue weighted by Gasteiger charge is -2.52. The molecule has 3 saturated carbocycles. The first-order chi connectivity index (χ1) is 14.6. The maximum Gasteiger partial charge on any atom is 0.434 e. The summed E-state index contributed by atoms with van der Waals surface area (Å²) in [6, 6.07) is -0.0834. The van der Waals surface area contributed by atoms with Gasteiger partial charge in [-0.3, -0.25) is 0 Å². The number of methoxy groups -OCH3 is 1. The molecule has 0 atom stereocenters. The van der Waals surface area contributed by atoms with E-state index < -0.39 is 11.9 Å². The van der Waals surface area contributed by atoms with Gasteiger partial charge in [0.05, 0.1) is 19.9 Å². The number of halogens is 4. The second kappa shape index (κ2) is 7.83. The zero-order chi connectivity index (χ0) is 22.4. The van der Waals surface area contributed by atoms with Crippen LogP contribution in [-0.2, 0) is 11.6 Å². The molecule has 5 rings (SSSR count). The summed E-state index contributed by atoms with van der Waals surface area (Å²) >= 11 is 5.89. The van der Waals surface area contributed by atoms with Crippen LogP contribution in [0.15, 0.2) is 12.4 Å². The van der Waals surface area contributed by atoms with Crippen molar-refractivity contribution in [2.24, 2.45) is 5.41 Å². The largest absolute Gasteiger partial charge is 0.490 e. The Kier molecular flexibility index (Phi) is 5.60. The SMILES string of the molecule is COc1cnc(Cl)nc1OCC12CCC(c3nc(C(F)(F)F)cn3C(C)C)(CC1)CC2. The van der Waals surface area contributed by atoms with E-state index in [1.54, 1.807) is 4.57 Å². The first-order valence-electron chi connectivity index (χ1n) is 10.4. The van der Waals surface area contributed by atoms with Gasteiger partial charge < -0.3 is 14.0 Å². The zero-order valence-electron chi connectivity index (χ0n) is 17.8. The number of rotatable bonds is 6. The Morgan fingerprint density at radius 1 is 1.13 bits per heavy atom. The van der Waals surface area contributed by atoms with E-state index >= 15 is 0 Å². The van der Waals surface area contributed by atoms with E-state index in [1.807, 2.05) is 13.8 Å². The van der Waals surface area contributed by atoms with Crippen LogP contribution in [0.25, 0.3) is 0 Å². The Morgan fingerprint density at radius 2 is 1.77 bits per heavy atom. The topological polar surface area (TPSA) is 62.1 Å². The Bertz CT molecular complexity index is 936. The third kappa shape index (κ3) is 4.08. The fourth-order valence-electron chi connectivity index (χ4n) is 4.93. The number of hydrogen-bond acceptors (Lipinski definition) is 5. The number of imidazole rings is 1. The summed E-state index contributed by atoms with van der Waals surface area (Å²) in [4.78, 5) is 12.1. The number of fused-ring (bicyclic) bond motifs is 3. The van der Waals surface area contributed by atoms with Crippen LogP contribution in [0.3, 0.4) is 0 Å². The molecule has 6 nitrogen and oxygen atoms in total. The van der Waals surface area contributed by atoms with Gasteiger partial charge in [-0.25, -0.2) is 9.97 Å². The highest BCUT2D eigenvalue weighted by molar-refractivity contribution is 6.28. The van der Waals surface area contributed by atoms with Gasteiger partial charge in [0.25, 0.3) is 5.88 Å². The fourth-order valence-corrected chi connectivity index (χ4v) is 5.06. The monoisotopic (exact) mass is 458 g/mol. The molecule has 2 aromatic rings. The summed E-state index contributed by atoms with van der Waals surface area (Å²) in [7, 11) is 1.51. The van der Waals surface area contributed by atoms with Gasteiger partial charge in [-0.1, -0.05) is 0 Å². The quantitative estimate of drug-likeness (QED) is 0.527. The molecule has 0 radical (unpaired) electrons. The maximum atomic E-state index is 13.3. The van der Waals surface area contributed by atoms with Crippen LogP contribution in [0, 0.1) is 5.41 Å². The van der Waals surface area contributed by atoms with Crippen molar-refractivity contribution in [2.45, 2.75) is 70.0 Å². The first-order valence-corrected chi connectivity index (χ1v) is 10.8.